The fourth-order valence-corrected chi connectivity index (χ4v) is 4.43. The van der Waals surface area contributed by atoms with Gasteiger partial charge in [0.2, 0.25) is 10.0 Å². The lowest BCUT2D eigenvalue weighted by Gasteiger charge is -2.21. The fraction of sp³-hybridized carbons (Fsp3) is 0.857. The smallest absolute Gasteiger partial charge is 0.331 e. The Bertz CT molecular complexity index is 466. The zero-order valence-corrected chi connectivity index (χ0v) is 10.5. The molecule has 1 fully saturated rings. The molecule has 0 atom stereocenters. The normalized spacial score (nSPS) is 21.2. The van der Waals surface area contributed by atoms with Gasteiger partial charge in [-0.2, -0.15) is 0 Å². The number of rotatable bonds is 5. The van der Waals surface area contributed by atoms with Crippen LogP contribution < -0.4 is 4.89 Å². The van der Waals surface area contributed by atoms with E-state index in [0.717, 1.165) is 0 Å². The van der Waals surface area contributed by atoms with Crippen LogP contribution in [0.5, 0.6) is 0 Å². The average Bonchev–Trinajstić information content (AvgIpc) is 2.15. The first-order chi connectivity index (χ1) is 7.73. The molecule has 0 amide bonds. The van der Waals surface area contributed by atoms with Crippen molar-refractivity contribution in [2.45, 2.75) is 18.1 Å². The number of carbonyl (C=O) groups is 1. The van der Waals surface area contributed by atoms with Gasteiger partial charge in [-0.25, -0.2) is 21.6 Å². The lowest BCUT2D eigenvalue weighted by Crippen LogP contribution is -2.40. The van der Waals surface area contributed by atoms with Crippen LogP contribution in [0.2, 0.25) is 0 Å². The molecule has 1 saturated heterocycles. The van der Waals surface area contributed by atoms with E-state index >= 15 is 0 Å². The molecule has 0 aromatic carbocycles. The van der Waals surface area contributed by atoms with Gasteiger partial charge >= 0.3 is 5.97 Å². The summed E-state index contributed by atoms with van der Waals surface area (Å²) < 4.78 is 45.3. The summed E-state index contributed by atoms with van der Waals surface area (Å²) in [6.07, 6.45) is -0.0117. The van der Waals surface area contributed by atoms with Crippen molar-refractivity contribution in [1.82, 2.24) is 4.89 Å². The van der Waals surface area contributed by atoms with E-state index in [1.807, 2.05) is 0 Å². The summed E-state index contributed by atoms with van der Waals surface area (Å²) in [6.45, 7) is -0.787. The number of nitrogens with one attached hydrogen (secondary N) is 1. The Labute approximate surface area is 98.9 Å². The van der Waals surface area contributed by atoms with Crippen molar-refractivity contribution >= 4 is 25.8 Å². The second kappa shape index (κ2) is 5.29. The van der Waals surface area contributed by atoms with Crippen LogP contribution in [0, 0.1) is 0 Å². The first kappa shape index (κ1) is 14.4. The van der Waals surface area contributed by atoms with E-state index in [2.05, 4.69) is 4.84 Å². The highest BCUT2D eigenvalue weighted by Crippen LogP contribution is 2.18. The highest BCUT2D eigenvalue weighted by atomic mass is 32.2. The maximum absolute atomic E-state index is 11.6. The SMILES string of the molecule is O=C(O)CONS(=O)(=O)C1CCS(=O)(=O)CC1. The maximum Gasteiger partial charge on any atom is 0.331 e. The number of sulfonamides is 1. The molecule has 1 rings (SSSR count). The molecule has 0 spiro atoms. The lowest BCUT2D eigenvalue weighted by atomic mass is 10.2. The van der Waals surface area contributed by atoms with Crippen molar-refractivity contribution in [3.63, 3.8) is 0 Å². The molecular weight excluding hydrogens is 274 g/mol. The molecule has 0 aromatic rings. The first-order valence-electron chi connectivity index (χ1n) is 4.77. The van der Waals surface area contributed by atoms with Crippen molar-refractivity contribution in [3.05, 3.63) is 0 Å². The second-order valence-corrected chi connectivity index (χ2v) is 7.89. The topological polar surface area (TPSA) is 127 Å². The molecule has 0 bridgehead atoms. The van der Waals surface area contributed by atoms with Crippen LogP contribution >= 0.6 is 0 Å². The Morgan fingerprint density at radius 3 is 2.35 bits per heavy atom. The molecule has 8 nitrogen and oxygen atoms in total. The summed E-state index contributed by atoms with van der Waals surface area (Å²) in [5, 5.41) is 7.39. The zero-order valence-electron chi connectivity index (χ0n) is 8.83. The van der Waals surface area contributed by atoms with Gasteiger partial charge < -0.3 is 5.11 Å². The van der Waals surface area contributed by atoms with Crippen LogP contribution in [0.1, 0.15) is 12.8 Å². The van der Waals surface area contributed by atoms with Crippen molar-refractivity contribution in [1.29, 1.82) is 0 Å². The van der Waals surface area contributed by atoms with Crippen LogP contribution in [0.15, 0.2) is 0 Å². The van der Waals surface area contributed by atoms with Gasteiger partial charge in [-0.05, 0) is 12.8 Å². The molecule has 1 aliphatic rings. The number of hydrogen-bond acceptors (Lipinski definition) is 6. The molecule has 17 heavy (non-hydrogen) atoms. The van der Waals surface area contributed by atoms with Crippen LogP contribution in [0.25, 0.3) is 0 Å². The third-order valence-corrected chi connectivity index (χ3v) is 5.73. The van der Waals surface area contributed by atoms with E-state index in [4.69, 9.17) is 5.11 Å². The van der Waals surface area contributed by atoms with Crippen molar-refractivity contribution < 1.29 is 31.6 Å². The number of carboxylic acids is 1. The number of carboxylic acid groups (broad SMARTS) is 1. The van der Waals surface area contributed by atoms with Crippen LogP contribution in [-0.2, 0) is 29.5 Å². The molecule has 0 aliphatic carbocycles. The molecule has 0 saturated carbocycles. The van der Waals surface area contributed by atoms with Gasteiger partial charge in [0.05, 0.1) is 16.8 Å². The largest absolute Gasteiger partial charge is 0.479 e. The minimum absolute atomic E-state index is 0.00586. The van der Waals surface area contributed by atoms with Crippen molar-refractivity contribution in [3.8, 4) is 0 Å². The minimum atomic E-state index is -3.83. The predicted octanol–water partition coefficient (Wildman–Crippen LogP) is -1.50. The quantitative estimate of drug-likeness (QED) is 0.589. The molecule has 2 N–H and O–H groups in total. The fourth-order valence-electron chi connectivity index (χ4n) is 1.42. The molecule has 0 aromatic heterocycles. The van der Waals surface area contributed by atoms with E-state index in [0.29, 0.717) is 0 Å². The number of hydrogen-bond donors (Lipinski definition) is 2. The molecular formula is C7H13NO7S2. The van der Waals surface area contributed by atoms with E-state index in [-0.39, 0.29) is 24.3 Å². The Morgan fingerprint density at radius 2 is 1.88 bits per heavy atom. The highest BCUT2D eigenvalue weighted by Gasteiger charge is 2.32. The Kier molecular flexibility index (Phi) is 4.47. The lowest BCUT2D eigenvalue weighted by molar-refractivity contribution is -0.143. The molecule has 100 valence electrons. The molecule has 0 unspecified atom stereocenters. The van der Waals surface area contributed by atoms with Crippen LogP contribution in [-0.4, -0.2) is 51.3 Å². The molecule has 0 radical (unpaired) electrons. The van der Waals surface area contributed by atoms with E-state index in [1.54, 1.807) is 4.89 Å². The van der Waals surface area contributed by atoms with E-state index in [9.17, 15) is 21.6 Å². The van der Waals surface area contributed by atoms with Gasteiger partial charge in [-0.1, -0.05) is 4.89 Å². The van der Waals surface area contributed by atoms with E-state index in [1.165, 1.54) is 0 Å². The Balaban J connectivity index is 2.52. The Hall–Kier alpha value is -0.710. The highest BCUT2D eigenvalue weighted by molar-refractivity contribution is 7.92. The molecule has 10 heteroatoms. The Morgan fingerprint density at radius 1 is 1.35 bits per heavy atom. The summed E-state index contributed by atoms with van der Waals surface area (Å²) in [4.78, 5) is 16.1. The standard InChI is InChI=1S/C7H13NO7S2/c9-7(10)5-15-8-17(13,14)6-1-3-16(11,12)4-2-6/h6,8H,1-5H2,(H,9,10). The number of aliphatic carboxylic acids is 1. The minimum Gasteiger partial charge on any atom is -0.479 e. The van der Waals surface area contributed by atoms with Gasteiger partial charge in [0.1, 0.15) is 9.84 Å². The zero-order chi connectivity index (χ0) is 13.1. The first-order valence-corrected chi connectivity index (χ1v) is 8.14. The summed E-state index contributed by atoms with van der Waals surface area (Å²) in [5.41, 5.74) is 0. The maximum atomic E-state index is 11.6. The van der Waals surface area contributed by atoms with Gasteiger partial charge in [0.25, 0.3) is 0 Å². The second-order valence-electron chi connectivity index (χ2n) is 3.66. The summed E-state index contributed by atoms with van der Waals surface area (Å²) in [6, 6.07) is 0. The van der Waals surface area contributed by atoms with Gasteiger partial charge in [0.15, 0.2) is 6.61 Å². The number of sulfone groups is 1. The van der Waals surface area contributed by atoms with Gasteiger partial charge in [-0.15, -0.1) is 0 Å². The van der Waals surface area contributed by atoms with Crippen LogP contribution in [0.3, 0.4) is 0 Å². The third kappa shape index (κ3) is 4.58. The average molecular weight is 287 g/mol. The van der Waals surface area contributed by atoms with Gasteiger partial charge in [-0.3, -0.25) is 4.84 Å². The van der Waals surface area contributed by atoms with Crippen LogP contribution in [0.4, 0.5) is 0 Å². The predicted molar refractivity (Wildman–Crippen MR) is 57.3 cm³/mol. The summed E-state index contributed by atoms with van der Waals surface area (Å²) >= 11 is 0. The van der Waals surface area contributed by atoms with Crippen molar-refractivity contribution in [2.24, 2.45) is 0 Å². The summed E-state index contributed by atoms with van der Waals surface area (Å²) in [7, 11) is -6.97. The molecule has 1 heterocycles. The van der Waals surface area contributed by atoms with Gasteiger partial charge in [0, 0.05) is 0 Å². The third-order valence-electron chi connectivity index (χ3n) is 2.31. The molecule has 1 aliphatic heterocycles. The van der Waals surface area contributed by atoms with Crippen molar-refractivity contribution in [2.75, 3.05) is 18.1 Å². The monoisotopic (exact) mass is 287 g/mol. The van der Waals surface area contributed by atoms with E-state index < -0.39 is 37.7 Å². The summed E-state index contributed by atoms with van der Waals surface area (Å²) in [5.74, 6) is -1.67.